The molecule has 166 valence electrons. The summed E-state index contributed by atoms with van der Waals surface area (Å²) in [7, 11) is 0. The molecule has 0 heterocycles. The fourth-order valence-electron chi connectivity index (χ4n) is 3.29. The van der Waals surface area contributed by atoms with Crippen LogP contribution in [0.1, 0.15) is 129 Å². The number of esters is 2. The van der Waals surface area contributed by atoms with E-state index in [1.165, 1.54) is 84.0 Å². The molecule has 0 spiro atoms. The second kappa shape index (κ2) is 22.2. The van der Waals surface area contributed by atoms with Gasteiger partial charge in [0.15, 0.2) is 0 Å². The van der Waals surface area contributed by atoms with E-state index in [0.717, 1.165) is 32.1 Å². The first-order valence-corrected chi connectivity index (χ1v) is 12.0. The molecule has 0 aromatic carbocycles. The SMILES string of the molecule is CCCCOC(=O)CCCCCCCCCCCCCCCCCOC(C)=O. The van der Waals surface area contributed by atoms with Crippen LogP contribution in [0.4, 0.5) is 0 Å². The lowest BCUT2D eigenvalue weighted by Crippen LogP contribution is -2.05. The number of ether oxygens (including phenoxy) is 2. The molecule has 0 N–H and O–H groups in total. The van der Waals surface area contributed by atoms with E-state index in [9.17, 15) is 9.59 Å². The van der Waals surface area contributed by atoms with Crippen LogP contribution >= 0.6 is 0 Å². The Morgan fingerprint density at radius 2 is 0.929 bits per heavy atom. The van der Waals surface area contributed by atoms with E-state index in [4.69, 9.17) is 9.47 Å². The Hall–Kier alpha value is -1.06. The van der Waals surface area contributed by atoms with Crippen molar-refractivity contribution >= 4 is 11.9 Å². The number of hydrogen-bond donors (Lipinski definition) is 0. The summed E-state index contributed by atoms with van der Waals surface area (Å²) in [6.45, 7) is 4.75. The van der Waals surface area contributed by atoms with Gasteiger partial charge < -0.3 is 9.47 Å². The Morgan fingerprint density at radius 1 is 0.536 bits per heavy atom. The Labute approximate surface area is 174 Å². The van der Waals surface area contributed by atoms with Gasteiger partial charge in [0.2, 0.25) is 0 Å². The molecule has 0 aliphatic carbocycles. The predicted molar refractivity (Wildman–Crippen MR) is 116 cm³/mol. The minimum Gasteiger partial charge on any atom is -0.466 e. The van der Waals surface area contributed by atoms with Crippen molar-refractivity contribution in [3.05, 3.63) is 0 Å². The molecule has 0 rings (SSSR count). The van der Waals surface area contributed by atoms with Gasteiger partial charge in [-0.3, -0.25) is 9.59 Å². The van der Waals surface area contributed by atoms with E-state index in [0.29, 0.717) is 19.6 Å². The highest BCUT2D eigenvalue weighted by molar-refractivity contribution is 5.69. The average molecular weight is 399 g/mol. The molecule has 0 atom stereocenters. The van der Waals surface area contributed by atoms with Crippen LogP contribution in [0.5, 0.6) is 0 Å². The first-order valence-electron chi connectivity index (χ1n) is 12.0. The molecule has 0 aliphatic rings. The van der Waals surface area contributed by atoms with Crippen molar-refractivity contribution in [1.29, 1.82) is 0 Å². The largest absolute Gasteiger partial charge is 0.466 e. The van der Waals surface area contributed by atoms with Crippen molar-refractivity contribution in [3.63, 3.8) is 0 Å². The maximum absolute atomic E-state index is 11.5. The molecule has 0 fully saturated rings. The minimum atomic E-state index is -0.167. The molecule has 4 nitrogen and oxygen atoms in total. The van der Waals surface area contributed by atoms with Crippen LogP contribution in [0, 0.1) is 0 Å². The lowest BCUT2D eigenvalue weighted by molar-refractivity contribution is -0.144. The number of rotatable bonds is 21. The third-order valence-corrected chi connectivity index (χ3v) is 5.09. The van der Waals surface area contributed by atoms with Crippen molar-refractivity contribution in [1.82, 2.24) is 0 Å². The number of carbonyl (C=O) groups excluding carboxylic acids is 2. The Balaban J connectivity index is 3.08. The third-order valence-electron chi connectivity index (χ3n) is 5.09. The van der Waals surface area contributed by atoms with Crippen molar-refractivity contribution < 1.29 is 19.1 Å². The Morgan fingerprint density at radius 3 is 1.36 bits per heavy atom. The highest BCUT2D eigenvalue weighted by Gasteiger charge is 2.02. The maximum atomic E-state index is 11.5. The Kier molecular flexibility index (Phi) is 21.4. The standard InChI is InChI=1S/C24H46O4/c1-3-4-21-28-24(26)20-18-16-14-12-10-8-6-5-7-9-11-13-15-17-19-22-27-23(2)25/h3-22H2,1-2H3. The summed E-state index contributed by atoms with van der Waals surface area (Å²) in [5.74, 6) is -0.185. The summed E-state index contributed by atoms with van der Waals surface area (Å²) >= 11 is 0. The van der Waals surface area contributed by atoms with Crippen LogP contribution in [-0.2, 0) is 19.1 Å². The summed E-state index contributed by atoms with van der Waals surface area (Å²) < 4.78 is 10.1. The van der Waals surface area contributed by atoms with Crippen molar-refractivity contribution in [2.45, 2.75) is 129 Å². The second-order valence-corrected chi connectivity index (χ2v) is 7.97. The van der Waals surface area contributed by atoms with E-state index in [1.54, 1.807) is 0 Å². The first kappa shape index (κ1) is 26.9. The van der Waals surface area contributed by atoms with E-state index >= 15 is 0 Å². The molecule has 0 radical (unpaired) electrons. The first-order chi connectivity index (χ1) is 13.7. The van der Waals surface area contributed by atoms with Crippen LogP contribution in [-0.4, -0.2) is 25.2 Å². The lowest BCUT2D eigenvalue weighted by Gasteiger charge is -2.05. The van der Waals surface area contributed by atoms with Gasteiger partial charge in [-0.25, -0.2) is 0 Å². The van der Waals surface area contributed by atoms with E-state index in [2.05, 4.69) is 6.92 Å². The Bertz CT molecular complexity index is 355. The van der Waals surface area contributed by atoms with Gasteiger partial charge in [0.1, 0.15) is 0 Å². The van der Waals surface area contributed by atoms with Gasteiger partial charge in [0, 0.05) is 13.3 Å². The second-order valence-electron chi connectivity index (χ2n) is 7.97. The quantitative estimate of drug-likeness (QED) is 0.152. The fraction of sp³-hybridized carbons (Fsp3) is 0.917. The highest BCUT2D eigenvalue weighted by atomic mass is 16.5. The van der Waals surface area contributed by atoms with Gasteiger partial charge in [-0.2, -0.15) is 0 Å². The fourth-order valence-corrected chi connectivity index (χ4v) is 3.29. The van der Waals surface area contributed by atoms with E-state index in [-0.39, 0.29) is 11.9 Å². The molecule has 28 heavy (non-hydrogen) atoms. The van der Waals surface area contributed by atoms with Gasteiger partial charge in [-0.05, 0) is 19.3 Å². The number of unbranched alkanes of at least 4 members (excludes halogenated alkanes) is 15. The van der Waals surface area contributed by atoms with Gasteiger partial charge in [0.25, 0.3) is 0 Å². The molecule has 0 amide bonds. The zero-order valence-corrected chi connectivity index (χ0v) is 18.8. The van der Waals surface area contributed by atoms with Crippen molar-refractivity contribution in [2.24, 2.45) is 0 Å². The lowest BCUT2D eigenvalue weighted by atomic mass is 10.0. The molecule has 0 aromatic heterocycles. The van der Waals surface area contributed by atoms with Crippen molar-refractivity contribution in [3.8, 4) is 0 Å². The number of hydrogen-bond acceptors (Lipinski definition) is 4. The molecular weight excluding hydrogens is 352 g/mol. The summed E-state index contributed by atoms with van der Waals surface area (Å²) in [5.41, 5.74) is 0. The summed E-state index contributed by atoms with van der Waals surface area (Å²) in [6, 6.07) is 0. The van der Waals surface area contributed by atoms with E-state index in [1.807, 2.05) is 0 Å². The van der Waals surface area contributed by atoms with Gasteiger partial charge >= 0.3 is 11.9 Å². The van der Waals surface area contributed by atoms with Gasteiger partial charge in [-0.1, -0.05) is 96.8 Å². The van der Waals surface area contributed by atoms with Crippen LogP contribution in [0.25, 0.3) is 0 Å². The average Bonchev–Trinajstić information content (AvgIpc) is 2.67. The smallest absolute Gasteiger partial charge is 0.305 e. The summed E-state index contributed by atoms with van der Waals surface area (Å²) in [4.78, 5) is 22.1. The minimum absolute atomic E-state index is 0.0181. The molecule has 0 unspecified atom stereocenters. The zero-order valence-electron chi connectivity index (χ0n) is 18.8. The number of carbonyl (C=O) groups is 2. The molecule has 4 heteroatoms. The zero-order chi connectivity index (χ0) is 20.7. The molecule has 0 aromatic rings. The van der Waals surface area contributed by atoms with Crippen LogP contribution in [0.15, 0.2) is 0 Å². The molecule has 0 aliphatic heterocycles. The van der Waals surface area contributed by atoms with E-state index < -0.39 is 0 Å². The maximum Gasteiger partial charge on any atom is 0.305 e. The molecule has 0 saturated heterocycles. The van der Waals surface area contributed by atoms with Crippen molar-refractivity contribution in [2.75, 3.05) is 13.2 Å². The molecular formula is C24H46O4. The predicted octanol–water partition coefficient (Wildman–Crippen LogP) is 7.13. The summed E-state index contributed by atoms with van der Waals surface area (Å²) in [6.07, 6.45) is 21.6. The van der Waals surface area contributed by atoms with Crippen LogP contribution < -0.4 is 0 Å². The normalized spacial score (nSPS) is 10.8. The topological polar surface area (TPSA) is 52.6 Å². The molecule has 0 saturated carbocycles. The third kappa shape index (κ3) is 23.0. The molecule has 0 bridgehead atoms. The summed E-state index contributed by atoms with van der Waals surface area (Å²) in [5, 5.41) is 0. The monoisotopic (exact) mass is 398 g/mol. The van der Waals surface area contributed by atoms with Gasteiger partial charge in [-0.15, -0.1) is 0 Å². The van der Waals surface area contributed by atoms with Crippen LogP contribution in [0.2, 0.25) is 0 Å². The van der Waals surface area contributed by atoms with Crippen LogP contribution in [0.3, 0.4) is 0 Å². The van der Waals surface area contributed by atoms with Gasteiger partial charge in [0.05, 0.1) is 13.2 Å². The highest BCUT2D eigenvalue weighted by Crippen LogP contribution is 2.14.